The van der Waals surface area contributed by atoms with Gasteiger partial charge in [0.2, 0.25) is 0 Å². The van der Waals surface area contributed by atoms with Crippen LogP contribution in [0.15, 0.2) is 30.6 Å². The minimum absolute atomic E-state index is 0.0256. The van der Waals surface area contributed by atoms with Gasteiger partial charge in [-0.1, -0.05) is 23.7 Å². The van der Waals surface area contributed by atoms with Gasteiger partial charge < -0.3 is 10.3 Å². The zero-order valence-corrected chi connectivity index (χ0v) is 11.5. The molecule has 0 saturated carbocycles. The standard InChI is InChI=1S/C14H18ClN3/c1-10-9-11(3-4-12(10)15)13(16)5-6-14-17-7-8-18(14)2/h3-4,7-9,13H,5-6,16H2,1-2H3. The first-order chi connectivity index (χ1) is 8.58. The largest absolute Gasteiger partial charge is 0.338 e. The Morgan fingerprint density at radius 1 is 1.44 bits per heavy atom. The van der Waals surface area contributed by atoms with Crippen LogP contribution in [-0.4, -0.2) is 9.55 Å². The van der Waals surface area contributed by atoms with Crippen molar-refractivity contribution in [2.75, 3.05) is 0 Å². The van der Waals surface area contributed by atoms with E-state index in [4.69, 9.17) is 17.3 Å². The van der Waals surface area contributed by atoms with Crippen molar-refractivity contribution in [3.8, 4) is 0 Å². The maximum atomic E-state index is 6.20. The van der Waals surface area contributed by atoms with Crippen molar-refractivity contribution in [1.29, 1.82) is 0 Å². The molecule has 2 rings (SSSR count). The molecule has 0 bridgehead atoms. The first-order valence-corrected chi connectivity index (χ1v) is 6.43. The van der Waals surface area contributed by atoms with Crippen LogP contribution in [0.1, 0.15) is 29.4 Å². The maximum Gasteiger partial charge on any atom is 0.108 e. The van der Waals surface area contributed by atoms with Gasteiger partial charge in [-0.05, 0) is 30.5 Å². The summed E-state index contributed by atoms with van der Waals surface area (Å²) in [6, 6.07) is 5.99. The van der Waals surface area contributed by atoms with E-state index < -0.39 is 0 Å². The van der Waals surface area contributed by atoms with Crippen LogP contribution in [0.3, 0.4) is 0 Å². The predicted octanol–water partition coefficient (Wildman–Crippen LogP) is 3.01. The highest BCUT2D eigenvalue weighted by Crippen LogP contribution is 2.22. The Labute approximate surface area is 113 Å². The summed E-state index contributed by atoms with van der Waals surface area (Å²) in [5, 5.41) is 0.787. The molecule has 96 valence electrons. The quantitative estimate of drug-likeness (QED) is 0.922. The molecule has 0 aliphatic heterocycles. The topological polar surface area (TPSA) is 43.8 Å². The van der Waals surface area contributed by atoms with E-state index in [1.165, 1.54) is 0 Å². The van der Waals surface area contributed by atoms with Crippen molar-refractivity contribution in [1.82, 2.24) is 9.55 Å². The Morgan fingerprint density at radius 3 is 2.83 bits per heavy atom. The van der Waals surface area contributed by atoms with E-state index in [1.807, 2.05) is 43.1 Å². The number of imidazole rings is 1. The van der Waals surface area contributed by atoms with Gasteiger partial charge in [0.1, 0.15) is 5.82 Å². The lowest BCUT2D eigenvalue weighted by Gasteiger charge is -2.13. The lowest BCUT2D eigenvalue weighted by Crippen LogP contribution is -2.12. The van der Waals surface area contributed by atoms with Crippen LogP contribution >= 0.6 is 11.6 Å². The molecule has 0 spiro atoms. The van der Waals surface area contributed by atoms with Crippen LogP contribution in [0.4, 0.5) is 0 Å². The van der Waals surface area contributed by atoms with Crippen molar-refractivity contribution in [3.05, 3.63) is 52.6 Å². The zero-order chi connectivity index (χ0) is 13.1. The molecular weight excluding hydrogens is 246 g/mol. The Morgan fingerprint density at radius 2 is 2.22 bits per heavy atom. The molecule has 2 aromatic rings. The molecule has 1 aromatic carbocycles. The summed E-state index contributed by atoms with van der Waals surface area (Å²) in [5.41, 5.74) is 8.40. The van der Waals surface area contributed by atoms with Crippen LogP contribution in [0.5, 0.6) is 0 Å². The molecule has 0 saturated heterocycles. The van der Waals surface area contributed by atoms with Gasteiger partial charge in [-0.25, -0.2) is 4.98 Å². The summed E-state index contributed by atoms with van der Waals surface area (Å²) >= 11 is 6.01. The van der Waals surface area contributed by atoms with E-state index in [1.54, 1.807) is 0 Å². The fourth-order valence-electron chi connectivity index (χ4n) is 1.99. The molecule has 0 aliphatic rings. The van der Waals surface area contributed by atoms with Crippen molar-refractivity contribution < 1.29 is 0 Å². The van der Waals surface area contributed by atoms with E-state index in [2.05, 4.69) is 11.1 Å². The highest BCUT2D eigenvalue weighted by Gasteiger charge is 2.09. The third-order valence-electron chi connectivity index (χ3n) is 3.21. The summed E-state index contributed by atoms with van der Waals surface area (Å²) in [5.74, 6) is 1.07. The number of hydrogen-bond donors (Lipinski definition) is 1. The fourth-order valence-corrected chi connectivity index (χ4v) is 2.10. The van der Waals surface area contributed by atoms with Gasteiger partial charge in [0, 0.05) is 36.9 Å². The second-order valence-electron chi connectivity index (χ2n) is 4.61. The van der Waals surface area contributed by atoms with Crippen LogP contribution in [0.25, 0.3) is 0 Å². The number of halogens is 1. The molecular formula is C14H18ClN3. The van der Waals surface area contributed by atoms with E-state index in [9.17, 15) is 0 Å². The lowest BCUT2D eigenvalue weighted by molar-refractivity contribution is 0.620. The number of aromatic nitrogens is 2. The van der Waals surface area contributed by atoms with Gasteiger partial charge in [0.25, 0.3) is 0 Å². The normalized spacial score (nSPS) is 12.7. The third kappa shape index (κ3) is 2.92. The fraction of sp³-hybridized carbons (Fsp3) is 0.357. The van der Waals surface area contributed by atoms with E-state index in [0.29, 0.717) is 0 Å². The minimum Gasteiger partial charge on any atom is -0.338 e. The third-order valence-corrected chi connectivity index (χ3v) is 3.63. The van der Waals surface area contributed by atoms with Gasteiger partial charge in [-0.15, -0.1) is 0 Å². The minimum atomic E-state index is 0.0256. The number of aryl methyl sites for hydroxylation is 3. The summed E-state index contributed by atoms with van der Waals surface area (Å²) in [6.45, 7) is 2.00. The molecule has 1 heterocycles. The molecule has 1 unspecified atom stereocenters. The Hall–Kier alpha value is -1.32. The lowest BCUT2D eigenvalue weighted by atomic mass is 10.0. The van der Waals surface area contributed by atoms with Gasteiger partial charge in [-0.3, -0.25) is 0 Å². The molecule has 0 aliphatic carbocycles. The smallest absolute Gasteiger partial charge is 0.108 e. The average molecular weight is 264 g/mol. The summed E-state index contributed by atoms with van der Waals surface area (Å²) in [7, 11) is 2.00. The van der Waals surface area contributed by atoms with Crippen LogP contribution < -0.4 is 5.73 Å². The monoisotopic (exact) mass is 263 g/mol. The van der Waals surface area contributed by atoms with Crippen molar-refractivity contribution in [3.63, 3.8) is 0 Å². The molecule has 4 heteroatoms. The van der Waals surface area contributed by atoms with Gasteiger partial charge in [0.15, 0.2) is 0 Å². The van der Waals surface area contributed by atoms with Crippen LogP contribution in [0.2, 0.25) is 5.02 Å². The second-order valence-corrected chi connectivity index (χ2v) is 5.02. The molecule has 2 N–H and O–H groups in total. The molecule has 18 heavy (non-hydrogen) atoms. The molecule has 0 amide bonds. The molecule has 0 fully saturated rings. The molecule has 3 nitrogen and oxygen atoms in total. The molecule has 1 aromatic heterocycles. The Balaban J connectivity index is 2.01. The van der Waals surface area contributed by atoms with Crippen molar-refractivity contribution in [2.45, 2.75) is 25.8 Å². The average Bonchev–Trinajstić information content (AvgIpc) is 2.75. The van der Waals surface area contributed by atoms with E-state index in [0.717, 1.165) is 34.8 Å². The Bertz CT molecular complexity index is 534. The van der Waals surface area contributed by atoms with Gasteiger partial charge in [-0.2, -0.15) is 0 Å². The second kappa shape index (κ2) is 5.55. The van der Waals surface area contributed by atoms with Crippen LogP contribution in [0, 0.1) is 6.92 Å². The van der Waals surface area contributed by atoms with E-state index in [-0.39, 0.29) is 6.04 Å². The SMILES string of the molecule is Cc1cc(C(N)CCc2nccn2C)ccc1Cl. The number of nitrogens with zero attached hydrogens (tertiary/aromatic N) is 2. The number of nitrogens with two attached hydrogens (primary N) is 1. The highest BCUT2D eigenvalue weighted by atomic mass is 35.5. The first-order valence-electron chi connectivity index (χ1n) is 6.05. The van der Waals surface area contributed by atoms with Gasteiger partial charge >= 0.3 is 0 Å². The molecule has 0 radical (unpaired) electrons. The van der Waals surface area contributed by atoms with Crippen molar-refractivity contribution >= 4 is 11.6 Å². The summed E-state index contributed by atoms with van der Waals surface area (Å²) in [4.78, 5) is 4.30. The first kappa shape index (κ1) is 13.1. The highest BCUT2D eigenvalue weighted by molar-refractivity contribution is 6.31. The zero-order valence-electron chi connectivity index (χ0n) is 10.7. The molecule has 1 atom stereocenters. The Kier molecular flexibility index (Phi) is 4.04. The van der Waals surface area contributed by atoms with E-state index >= 15 is 0 Å². The van der Waals surface area contributed by atoms with Crippen LogP contribution in [-0.2, 0) is 13.5 Å². The maximum absolute atomic E-state index is 6.20. The number of benzene rings is 1. The van der Waals surface area contributed by atoms with Gasteiger partial charge in [0.05, 0.1) is 0 Å². The number of hydrogen-bond acceptors (Lipinski definition) is 2. The summed E-state index contributed by atoms with van der Waals surface area (Å²) < 4.78 is 2.03. The summed E-state index contributed by atoms with van der Waals surface area (Å²) in [6.07, 6.45) is 5.53. The predicted molar refractivity (Wildman–Crippen MR) is 74.6 cm³/mol. The number of rotatable bonds is 4. The van der Waals surface area contributed by atoms with Crippen molar-refractivity contribution in [2.24, 2.45) is 12.8 Å².